The smallest absolute Gasteiger partial charge is 0.328 e. The van der Waals surface area contributed by atoms with Gasteiger partial charge < -0.3 is 5.73 Å². The van der Waals surface area contributed by atoms with E-state index < -0.39 is 0 Å². The van der Waals surface area contributed by atoms with Gasteiger partial charge in [-0.25, -0.2) is 4.79 Å². The molecule has 0 aliphatic heterocycles. The second-order valence-electron chi connectivity index (χ2n) is 2.70. The van der Waals surface area contributed by atoms with E-state index >= 15 is 0 Å². The van der Waals surface area contributed by atoms with Crippen LogP contribution in [0.4, 0.5) is 5.69 Å². The predicted octanol–water partition coefficient (Wildman–Crippen LogP) is 0.344. The van der Waals surface area contributed by atoms with E-state index in [0.717, 1.165) is 0 Å². The number of hydrogen-bond donors (Lipinski definition) is 1. The molecule has 0 amide bonds. The van der Waals surface area contributed by atoms with Crippen molar-refractivity contribution in [3.63, 3.8) is 0 Å². The summed E-state index contributed by atoms with van der Waals surface area (Å²) in [4.78, 5) is 11.4. The molecule has 2 N–H and O–H groups in total. The van der Waals surface area contributed by atoms with E-state index in [1.807, 2.05) is 0 Å². The van der Waals surface area contributed by atoms with Crippen molar-refractivity contribution in [2.45, 2.75) is 6.92 Å². The SMILES string of the molecule is Cc1c(N)c(=S)n(C)c(=O)n1C. The molecule has 0 bridgehead atoms. The van der Waals surface area contributed by atoms with Gasteiger partial charge in [0.2, 0.25) is 0 Å². The van der Waals surface area contributed by atoms with E-state index in [4.69, 9.17) is 18.0 Å². The van der Waals surface area contributed by atoms with Crippen molar-refractivity contribution in [2.24, 2.45) is 14.1 Å². The third-order valence-corrected chi connectivity index (χ3v) is 2.50. The molecule has 0 fully saturated rings. The molecule has 1 aromatic rings. The average Bonchev–Trinajstić information content (AvgIpc) is 2.08. The molecule has 1 heterocycles. The number of anilines is 1. The zero-order valence-corrected chi connectivity index (χ0v) is 8.10. The Morgan fingerprint density at radius 2 is 1.83 bits per heavy atom. The summed E-state index contributed by atoms with van der Waals surface area (Å²) < 4.78 is 3.23. The summed E-state index contributed by atoms with van der Waals surface area (Å²) in [5.74, 6) is 0. The van der Waals surface area contributed by atoms with Crippen LogP contribution in [-0.2, 0) is 14.1 Å². The Labute approximate surface area is 75.2 Å². The van der Waals surface area contributed by atoms with E-state index in [2.05, 4.69) is 0 Å². The summed E-state index contributed by atoms with van der Waals surface area (Å²) >= 11 is 4.95. The molecule has 0 aliphatic carbocycles. The highest BCUT2D eigenvalue weighted by Gasteiger charge is 2.04. The van der Waals surface area contributed by atoms with Crippen LogP contribution in [0.15, 0.2) is 4.79 Å². The van der Waals surface area contributed by atoms with Crippen molar-refractivity contribution in [1.29, 1.82) is 0 Å². The maximum Gasteiger partial charge on any atom is 0.328 e. The van der Waals surface area contributed by atoms with Gasteiger partial charge in [0.25, 0.3) is 0 Å². The van der Waals surface area contributed by atoms with Gasteiger partial charge in [-0.3, -0.25) is 9.13 Å². The fraction of sp³-hybridized carbons (Fsp3) is 0.429. The molecule has 1 rings (SSSR count). The quantitative estimate of drug-likeness (QED) is 0.593. The number of aromatic nitrogens is 2. The van der Waals surface area contributed by atoms with Crippen molar-refractivity contribution in [1.82, 2.24) is 9.13 Å². The van der Waals surface area contributed by atoms with Gasteiger partial charge in [-0.2, -0.15) is 0 Å². The topological polar surface area (TPSA) is 52.9 Å². The molecule has 0 aromatic carbocycles. The highest BCUT2D eigenvalue weighted by atomic mass is 32.1. The number of nitrogens with two attached hydrogens (primary N) is 1. The van der Waals surface area contributed by atoms with Crippen molar-refractivity contribution in [3.8, 4) is 0 Å². The van der Waals surface area contributed by atoms with Crippen molar-refractivity contribution in [3.05, 3.63) is 20.8 Å². The highest BCUT2D eigenvalue weighted by molar-refractivity contribution is 7.71. The normalized spacial score (nSPS) is 10.2. The maximum atomic E-state index is 11.4. The minimum absolute atomic E-state index is 0.147. The van der Waals surface area contributed by atoms with Gasteiger partial charge in [0.1, 0.15) is 4.64 Å². The van der Waals surface area contributed by atoms with Crippen LogP contribution in [0, 0.1) is 11.6 Å². The van der Waals surface area contributed by atoms with Gasteiger partial charge in [0.15, 0.2) is 0 Å². The number of nitrogen functional groups attached to an aromatic ring is 1. The lowest BCUT2D eigenvalue weighted by Gasteiger charge is -2.09. The minimum Gasteiger partial charge on any atom is -0.395 e. The third-order valence-electron chi connectivity index (χ3n) is 2.00. The van der Waals surface area contributed by atoms with Crippen LogP contribution < -0.4 is 11.4 Å². The van der Waals surface area contributed by atoms with E-state index in [-0.39, 0.29) is 5.69 Å². The lowest BCUT2D eigenvalue weighted by Crippen LogP contribution is -2.30. The van der Waals surface area contributed by atoms with E-state index in [0.29, 0.717) is 16.0 Å². The summed E-state index contributed by atoms with van der Waals surface area (Å²) in [5.41, 5.74) is 6.73. The Kier molecular flexibility index (Phi) is 2.06. The van der Waals surface area contributed by atoms with E-state index in [1.54, 1.807) is 21.0 Å². The second kappa shape index (κ2) is 2.75. The lowest BCUT2D eigenvalue weighted by molar-refractivity contribution is 0.683. The van der Waals surface area contributed by atoms with Crippen LogP contribution in [0.25, 0.3) is 0 Å². The molecular weight excluding hydrogens is 174 g/mol. The van der Waals surface area contributed by atoms with Gasteiger partial charge in [-0.15, -0.1) is 0 Å². The number of hydrogen-bond acceptors (Lipinski definition) is 3. The fourth-order valence-corrected chi connectivity index (χ4v) is 1.20. The largest absolute Gasteiger partial charge is 0.395 e. The molecule has 66 valence electrons. The zero-order chi connectivity index (χ0) is 9.46. The first-order valence-corrected chi connectivity index (χ1v) is 3.89. The van der Waals surface area contributed by atoms with Crippen molar-refractivity contribution < 1.29 is 0 Å². The average molecular weight is 185 g/mol. The Hall–Kier alpha value is -1.10. The summed E-state index contributed by atoms with van der Waals surface area (Å²) in [5, 5.41) is 0. The lowest BCUT2D eigenvalue weighted by atomic mass is 10.4. The van der Waals surface area contributed by atoms with Crippen molar-refractivity contribution >= 4 is 17.9 Å². The number of rotatable bonds is 0. The molecule has 0 saturated heterocycles. The monoisotopic (exact) mass is 185 g/mol. The summed E-state index contributed by atoms with van der Waals surface area (Å²) in [6.07, 6.45) is 0. The second-order valence-corrected chi connectivity index (χ2v) is 3.09. The standard InChI is InChI=1S/C7H11N3OS/c1-4-5(8)6(12)10(3)7(11)9(4)2/h8H2,1-3H3. The van der Waals surface area contributed by atoms with Crippen molar-refractivity contribution in [2.75, 3.05) is 5.73 Å². The summed E-state index contributed by atoms with van der Waals surface area (Å²) in [7, 11) is 3.28. The van der Waals surface area contributed by atoms with Crippen LogP contribution in [0.1, 0.15) is 5.69 Å². The van der Waals surface area contributed by atoms with Gasteiger partial charge >= 0.3 is 5.69 Å². The molecule has 5 heteroatoms. The predicted molar refractivity (Wildman–Crippen MR) is 50.6 cm³/mol. The molecule has 12 heavy (non-hydrogen) atoms. The van der Waals surface area contributed by atoms with Crippen LogP contribution >= 0.6 is 12.2 Å². The zero-order valence-electron chi connectivity index (χ0n) is 7.29. The number of nitrogens with zero attached hydrogens (tertiary/aromatic N) is 2. The molecule has 0 atom stereocenters. The molecule has 0 saturated carbocycles. The van der Waals surface area contributed by atoms with Crippen LogP contribution in [0.2, 0.25) is 0 Å². The van der Waals surface area contributed by atoms with Gasteiger partial charge in [-0.05, 0) is 6.92 Å². The van der Waals surface area contributed by atoms with Gasteiger partial charge in [0.05, 0.1) is 5.69 Å². The van der Waals surface area contributed by atoms with Gasteiger partial charge in [0, 0.05) is 19.8 Å². The Morgan fingerprint density at radius 1 is 1.33 bits per heavy atom. The first kappa shape index (κ1) is 8.99. The van der Waals surface area contributed by atoms with Crippen LogP contribution in [0.5, 0.6) is 0 Å². The summed E-state index contributed by atoms with van der Waals surface area (Å²) in [6.45, 7) is 1.77. The first-order valence-electron chi connectivity index (χ1n) is 3.49. The molecule has 1 aromatic heterocycles. The maximum absolute atomic E-state index is 11.4. The highest BCUT2D eigenvalue weighted by Crippen LogP contribution is 2.07. The molecule has 0 aliphatic rings. The Bertz CT molecular complexity index is 392. The molecule has 0 spiro atoms. The minimum atomic E-state index is -0.147. The molecule has 0 radical (unpaired) electrons. The molecular formula is C7H11N3OS. The fourth-order valence-electron chi connectivity index (χ4n) is 0.971. The first-order chi connectivity index (χ1) is 5.46. The van der Waals surface area contributed by atoms with Crippen LogP contribution in [-0.4, -0.2) is 9.13 Å². The third kappa shape index (κ3) is 1.06. The van der Waals surface area contributed by atoms with E-state index in [9.17, 15) is 4.79 Å². The van der Waals surface area contributed by atoms with Crippen LogP contribution in [0.3, 0.4) is 0 Å². The Balaban J connectivity index is 3.86. The van der Waals surface area contributed by atoms with E-state index in [1.165, 1.54) is 9.13 Å². The summed E-state index contributed by atoms with van der Waals surface area (Å²) in [6, 6.07) is 0. The Morgan fingerprint density at radius 3 is 2.33 bits per heavy atom. The molecule has 0 unspecified atom stereocenters. The molecule has 4 nitrogen and oxygen atoms in total. The van der Waals surface area contributed by atoms with Gasteiger partial charge in [-0.1, -0.05) is 12.2 Å².